The summed E-state index contributed by atoms with van der Waals surface area (Å²) in [6, 6.07) is 34.7. The van der Waals surface area contributed by atoms with Crippen LogP contribution in [-0.4, -0.2) is 21.2 Å². The first kappa shape index (κ1) is 22.7. The Bertz CT molecular complexity index is 1900. The van der Waals surface area contributed by atoms with Gasteiger partial charge >= 0.3 is 0 Å². The lowest BCUT2D eigenvalue weighted by atomic mass is 9.69. The first-order valence-electron chi connectivity index (χ1n) is 13.1. The number of methoxy groups -OCH3 is 1. The molecular weight excluding hydrogens is 466 g/mol. The fourth-order valence-electron chi connectivity index (χ4n) is 6.09. The molecule has 0 saturated carbocycles. The smallest absolute Gasteiger partial charge is 0.145 e. The minimum Gasteiger partial charge on any atom is -0.496 e. The fourth-order valence-corrected chi connectivity index (χ4v) is 6.09. The average Bonchev–Trinajstić information content (AvgIpc) is 3.33. The van der Waals surface area contributed by atoms with Crippen molar-refractivity contribution in [1.29, 1.82) is 0 Å². The van der Waals surface area contributed by atoms with Crippen molar-refractivity contribution in [1.82, 2.24) is 0 Å². The van der Waals surface area contributed by atoms with Crippen molar-refractivity contribution in [3.05, 3.63) is 119 Å². The van der Waals surface area contributed by atoms with Gasteiger partial charge in [-0.05, 0) is 63.9 Å². The topological polar surface area (TPSA) is 25.6 Å². The third-order valence-corrected chi connectivity index (χ3v) is 8.09. The molecule has 1 aliphatic heterocycles. The normalized spacial score (nSPS) is 16.7. The van der Waals surface area contributed by atoms with E-state index in [1.165, 1.54) is 27.6 Å². The number of ether oxygens (including phenoxy) is 1. The van der Waals surface area contributed by atoms with Crippen molar-refractivity contribution >= 4 is 39.6 Å². The molecule has 3 aliphatic rings. The van der Waals surface area contributed by atoms with Crippen LogP contribution in [0.1, 0.15) is 17.5 Å². The first-order chi connectivity index (χ1) is 18.6. The number of rotatable bonds is 4. The quantitative estimate of drug-likeness (QED) is 0.272. The zero-order valence-electron chi connectivity index (χ0n) is 21.9. The maximum absolute atomic E-state index is 6.66. The Kier molecular flexibility index (Phi) is 5.09. The minimum absolute atomic E-state index is 0.295. The summed E-state index contributed by atoms with van der Waals surface area (Å²) in [7, 11) is 5.89. The van der Waals surface area contributed by atoms with E-state index in [0.29, 0.717) is 0 Å². The largest absolute Gasteiger partial charge is 0.496 e. The number of benzene rings is 4. The van der Waals surface area contributed by atoms with E-state index < -0.39 is 0 Å². The van der Waals surface area contributed by atoms with E-state index in [1.54, 1.807) is 7.11 Å². The van der Waals surface area contributed by atoms with Crippen LogP contribution in [0.15, 0.2) is 101 Å². The molecule has 1 atom stereocenters. The second kappa shape index (κ2) is 8.53. The Morgan fingerprint density at radius 3 is 2.29 bits per heavy atom. The standard InChI is InChI=1S/C35H29NO2/c1-36(2)27-15-13-26(14-16-27)35(25-10-5-4-6-11-25)18-17-29-24(22-35)20-32(37-3)31-21-30-28-12-8-7-9-23(28)19-33(30)38-34(29)31/h4-17,19-22H,18H2,1-3H3. The van der Waals surface area contributed by atoms with Crippen molar-refractivity contribution in [2.24, 2.45) is 0 Å². The number of hydrogen-bond donors (Lipinski definition) is 0. The maximum atomic E-state index is 6.66. The van der Waals surface area contributed by atoms with Crippen molar-refractivity contribution in [2.75, 3.05) is 26.1 Å². The monoisotopic (exact) mass is 495 g/mol. The van der Waals surface area contributed by atoms with Gasteiger partial charge < -0.3 is 14.1 Å². The molecule has 0 saturated heterocycles. The third kappa shape index (κ3) is 3.35. The Hall–Kier alpha value is -4.50. The van der Waals surface area contributed by atoms with Crippen LogP contribution in [0, 0.1) is 0 Å². The lowest BCUT2D eigenvalue weighted by Gasteiger charge is -2.33. The summed E-state index contributed by atoms with van der Waals surface area (Å²) in [5.41, 5.74) is 5.43. The number of anilines is 1. The molecule has 1 unspecified atom stereocenters. The average molecular weight is 496 g/mol. The summed E-state index contributed by atoms with van der Waals surface area (Å²) < 4.78 is 12.6. The summed E-state index contributed by atoms with van der Waals surface area (Å²) in [5.74, 6) is 1.73. The summed E-state index contributed by atoms with van der Waals surface area (Å²) in [4.78, 5) is 2.14. The predicted molar refractivity (Wildman–Crippen MR) is 158 cm³/mol. The molecule has 2 aliphatic carbocycles. The molecular formula is C35H29NO2. The molecule has 1 heterocycles. The maximum Gasteiger partial charge on any atom is 0.145 e. The summed E-state index contributed by atoms with van der Waals surface area (Å²) in [6.45, 7) is 0. The Morgan fingerprint density at radius 1 is 0.789 bits per heavy atom. The van der Waals surface area contributed by atoms with Gasteiger partial charge in [-0.25, -0.2) is 0 Å². The van der Waals surface area contributed by atoms with Crippen LogP contribution in [0.2, 0.25) is 0 Å². The van der Waals surface area contributed by atoms with E-state index in [4.69, 9.17) is 9.15 Å². The van der Waals surface area contributed by atoms with Crippen LogP contribution in [-0.2, 0) is 5.41 Å². The molecule has 0 N–H and O–H groups in total. The van der Waals surface area contributed by atoms with E-state index in [2.05, 4.69) is 128 Å². The van der Waals surface area contributed by atoms with Crippen molar-refractivity contribution in [2.45, 2.75) is 11.8 Å². The van der Waals surface area contributed by atoms with Gasteiger partial charge in [0.2, 0.25) is 0 Å². The Labute approximate surface area is 222 Å². The molecule has 0 fully saturated rings. The van der Waals surface area contributed by atoms with Crippen LogP contribution < -0.4 is 20.1 Å². The van der Waals surface area contributed by atoms with Gasteiger partial charge in [0.15, 0.2) is 0 Å². The molecule has 3 nitrogen and oxygen atoms in total. The first-order valence-corrected chi connectivity index (χ1v) is 13.1. The summed E-state index contributed by atoms with van der Waals surface area (Å²) >= 11 is 0. The predicted octanol–water partition coefficient (Wildman–Crippen LogP) is 6.72. The summed E-state index contributed by atoms with van der Waals surface area (Å²) in [6.07, 6.45) is 5.59. The van der Waals surface area contributed by atoms with Crippen LogP contribution in [0.5, 0.6) is 5.75 Å². The Morgan fingerprint density at radius 2 is 1.53 bits per heavy atom. The van der Waals surface area contributed by atoms with Crippen molar-refractivity contribution < 1.29 is 9.15 Å². The fraction of sp³-hybridized carbons (Fsp3) is 0.143. The SMILES string of the molecule is COc1cc2c(c3oc4cc5ccccc5c-4cc13)=CCC(c1ccccc1)(c1ccc(N(C)C)cc1)C=2. The van der Waals surface area contributed by atoms with Crippen LogP contribution >= 0.6 is 0 Å². The van der Waals surface area contributed by atoms with Gasteiger partial charge in [0.1, 0.15) is 17.1 Å². The zero-order chi connectivity index (χ0) is 25.9. The molecule has 4 aromatic carbocycles. The molecule has 7 rings (SSSR count). The lowest BCUT2D eigenvalue weighted by Crippen LogP contribution is -2.38. The second-order valence-electron chi connectivity index (χ2n) is 10.4. The third-order valence-electron chi connectivity index (χ3n) is 8.09. The molecule has 0 aromatic heterocycles. The van der Waals surface area contributed by atoms with Crippen molar-refractivity contribution in [3.63, 3.8) is 0 Å². The van der Waals surface area contributed by atoms with E-state index in [1.807, 2.05) is 0 Å². The van der Waals surface area contributed by atoms with Gasteiger partial charge in [-0.2, -0.15) is 0 Å². The molecule has 0 radical (unpaired) electrons. The van der Waals surface area contributed by atoms with E-state index >= 15 is 0 Å². The van der Waals surface area contributed by atoms with Crippen LogP contribution in [0.4, 0.5) is 5.69 Å². The van der Waals surface area contributed by atoms with Gasteiger partial charge in [0.25, 0.3) is 0 Å². The van der Waals surface area contributed by atoms with E-state index in [-0.39, 0.29) is 5.41 Å². The van der Waals surface area contributed by atoms with E-state index in [0.717, 1.165) is 44.9 Å². The van der Waals surface area contributed by atoms with Crippen molar-refractivity contribution in [3.8, 4) is 17.1 Å². The summed E-state index contributed by atoms with van der Waals surface area (Å²) in [5, 5.41) is 5.65. The molecule has 38 heavy (non-hydrogen) atoms. The van der Waals surface area contributed by atoms with Gasteiger partial charge in [0.05, 0.1) is 12.5 Å². The number of hydrogen-bond acceptors (Lipinski definition) is 3. The van der Waals surface area contributed by atoms with Gasteiger partial charge in [-0.15, -0.1) is 0 Å². The Balaban J connectivity index is 1.52. The minimum atomic E-state index is -0.295. The van der Waals surface area contributed by atoms with Gasteiger partial charge in [-0.1, -0.05) is 78.9 Å². The molecule has 0 amide bonds. The molecule has 186 valence electrons. The second-order valence-corrected chi connectivity index (χ2v) is 10.4. The zero-order valence-corrected chi connectivity index (χ0v) is 21.9. The van der Waals surface area contributed by atoms with Crippen LogP contribution in [0.25, 0.3) is 45.2 Å². The van der Waals surface area contributed by atoms with Crippen LogP contribution in [0.3, 0.4) is 0 Å². The number of fused-ring (bicyclic) bond motifs is 6. The van der Waals surface area contributed by atoms with E-state index in [9.17, 15) is 0 Å². The molecule has 0 bridgehead atoms. The highest BCUT2D eigenvalue weighted by molar-refractivity contribution is 6.04. The number of nitrogens with zero attached hydrogens (tertiary/aromatic N) is 1. The molecule has 3 heteroatoms. The highest BCUT2D eigenvalue weighted by Gasteiger charge is 2.33. The van der Waals surface area contributed by atoms with Gasteiger partial charge in [-0.3, -0.25) is 0 Å². The molecule has 0 spiro atoms. The lowest BCUT2D eigenvalue weighted by molar-refractivity contribution is 0.418. The molecule has 4 aromatic rings. The highest BCUT2D eigenvalue weighted by atomic mass is 16.5. The van der Waals surface area contributed by atoms with Gasteiger partial charge in [0, 0.05) is 36.0 Å². The highest BCUT2D eigenvalue weighted by Crippen LogP contribution is 2.41.